The lowest BCUT2D eigenvalue weighted by Crippen LogP contribution is -2.35. The smallest absolute Gasteiger partial charge is 0.255 e. The number of amides is 1. The zero-order valence-electron chi connectivity index (χ0n) is 13.8. The highest BCUT2D eigenvalue weighted by Gasteiger charge is 2.21. The number of aromatic nitrogens is 3. The lowest BCUT2D eigenvalue weighted by Gasteiger charge is -2.22. The van der Waals surface area contributed by atoms with Crippen LogP contribution in [0.2, 0.25) is 0 Å². The van der Waals surface area contributed by atoms with Crippen LogP contribution in [0.25, 0.3) is 0 Å². The molecule has 23 heavy (non-hydrogen) atoms. The predicted octanol–water partition coefficient (Wildman–Crippen LogP) is 1.47. The Balaban J connectivity index is 1.60. The van der Waals surface area contributed by atoms with E-state index in [0.717, 1.165) is 44.8 Å². The van der Waals surface area contributed by atoms with Crippen molar-refractivity contribution >= 4 is 5.91 Å². The van der Waals surface area contributed by atoms with E-state index < -0.39 is 0 Å². The molecule has 0 bridgehead atoms. The molecular weight excluding hydrogens is 290 g/mol. The summed E-state index contributed by atoms with van der Waals surface area (Å²) in [4.78, 5) is 25.3. The first-order valence-corrected chi connectivity index (χ1v) is 8.03. The van der Waals surface area contributed by atoms with Gasteiger partial charge in [-0.2, -0.15) is 0 Å². The average molecular weight is 313 g/mol. The molecule has 1 aliphatic heterocycles. The summed E-state index contributed by atoms with van der Waals surface area (Å²) in [7, 11) is 2.01. The Bertz CT molecular complexity index is 664. The van der Waals surface area contributed by atoms with Crippen LogP contribution in [-0.2, 0) is 13.6 Å². The molecule has 3 rings (SSSR count). The van der Waals surface area contributed by atoms with Crippen LogP contribution in [0.4, 0.5) is 0 Å². The number of nitrogens with zero attached hydrogens (tertiary/aromatic N) is 5. The van der Waals surface area contributed by atoms with Gasteiger partial charge in [0.1, 0.15) is 0 Å². The molecule has 122 valence electrons. The molecule has 0 aliphatic carbocycles. The first kappa shape index (κ1) is 15.7. The fourth-order valence-electron chi connectivity index (χ4n) is 2.88. The van der Waals surface area contributed by atoms with E-state index in [9.17, 15) is 4.79 Å². The standard InChI is InChI=1S/C17H23N5O/c1-14-4-5-15(10-19-14)17(23)22-7-3-6-21(8-9-22)12-16-11-18-13-20(16)2/h4-5,10-11,13H,3,6-9,12H2,1-2H3. The van der Waals surface area contributed by atoms with Crippen LogP contribution >= 0.6 is 0 Å². The maximum Gasteiger partial charge on any atom is 0.255 e. The molecule has 2 aromatic heterocycles. The molecule has 6 heteroatoms. The second-order valence-corrected chi connectivity index (χ2v) is 6.11. The first-order valence-electron chi connectivity index (χ1n) is 8.03. The monoisotopic (exact) mass is 313 g/mol. The van der Waals surface area contributed by atoms with Crippen molar-refractivity contribution in [2.75, 3.05) is 26.2 Å². The molecule has 0 N–H and O–H groups in total. The summed E-state index contributed by atoms with van der Waals surface area (Å²) in [5, 5.41) is 0. The van der Waals surface area contributed by atoms with E-state index in [4.69, 9.17) is 0 Å². The number of hydrogen-bond donors (Lipinski definition) is 0. The van der Waals surface area contributed by atoms with Crippen molar-refractivity contribution in [3.05, 3.63) is 47.8 Å². The normalized spacial score (nSPS) is 16.3. The van der Waals surface area contributed by atoms with Gasteiger partial charge in [0.15, 0.2) is 0 Å². The van der Waals surface area contributed by atoms with Crippen molar-refractivity contribution in [3.8, 4) is 0 Å². The van der Waals surface area contributed by atoms with Gasteiger partial charge >= 0.3 is 0 Å². The predicted molar refractivity (Wildman–Crippen MR) is 88.0 cm³/mol. The topological polar surface area (TPSA) is 54.3 Å². The van der Waals surface area contributed by atoms with E-state index in [2.05, 4.69) is 14.9 Å². The number of aryl methyl sites for hydroxylation is 2. The molecule has 1 fully saturated rings. The molecule has 1 amide bonds. The van der Waals surface area contributed by atoms with Gasteiger partial charge in [-0.3, -0.25) is 14.7 Å². The van der Waals surface area contributed by atoms with Crippen molar-refractivity contribution < 1.29 is 4.79 Å². The number of hydrogen-bond acceptors (Lipinski definition) is 4. The van der Waals surface area contributed by atoms with E-state index in [1.807, 2.05) is 48.1 Å². The highest BCUT2D eigenvalue weighted by Crippen LogP contribution is 2.11. The molecular formula is C17H23N5O. The van der Waals surface area contributed by atoms with Gasteiger partial charge in [-0.1, -0.05) is 0 Å². The highest BCUT2D eigenvalue weighted by atomic mass is 16.2. The summed E-state index contributed by atoms with van der Waals surface area (Å²) in [5.41, 5.74) is 2.81. The average Bonchev–Trinajstić information content (AvgIpc) is 2.82. The Morgan fingerprint density at radius 1 is 1.17 bits per heavy atom. The Morgan fingerprint density at radius 2 is 2.04 bits per heavy atom. The summed E-state index contributed by atoms with van der Waals surface area (Å²) < 4.78 is 2.05. The van der Waals surface area contributed by atoms with Crippen LogP contribution < -0.4 is 0 Å². The van der Waals surface area contributed by atoms with E-state index in [1.165, 1.54) is 5.69 Å². The third kappa shape index (κ3) is 3.76. The zero-order chi connectivity index (χ0) is 16.2. The number of carbonyl (C=O) groups is 1. The molecule has 2 aromatic rings. The van der Waals surface area contributed by atoms with Gasteiger partial charge in [-0.25, -0.2) is 4.98 Å². The third-order valence-electron chi connectivity index (χ3n) is 4.34. The SMILES string of the molecule is Cc1ccc(C(=O)N2CCCN(Cc3cncn3C)CC2)cn1. The van der Waals surface area contributed by atoms with Crippen LogP contribution in [-0.4, -0.2) is 56.4 Å². The Kier molecular flexibility index (Phi) is 4.71. The Labute approximate surface area is 136 Å². The van der Waals surface area contributed by atoms with Crippen LogP contribution in [0.1, 0.15) is 28.2 Å². The zero-order valence-corrected chi connectivity index (χ0v) is 13.8. The van der Waals surface area contributed by atoms with Crippen LogP contribution in [0, 0.1) is 6.92 Å². The van der Waals surface area contributed by atoms with Crippen LogP contribution in [0.15, 0.2) is 30.9 Å². The molecule has 1 aliphatic rings. The molecule has 0 aromatic carbocycles. The largest absolute Gasteiger partial charge is 0.337 e. The molecule has 0 radical (unpaired) electrons. The van der Waals surface area contributed by atoms with Crippen molar-refractivity contribution in [3.63, 3.8) is 0 Å². The fraction of sp³-hybridized carbons (Fsp3) is 0.471. The van der Waals surface area contributed by atoms with Gasteiger partial charge in [0, 0.05) is 57.9 Å². The number of pyridine rings is 1. The summed E-state index contributed by atoms with van der Waals surface area (Å²) in [6, 6.07) is 3.75. The molecule has 0 saturated carbocycles. The first-order chi connectivity index (χ1) is 11.1. The van der Waals surface area contributed by atoms with Gasteiger partial charge in [-0.05, 0) is 25.5 Å². The number of carbonyl (C=O) groups excluding carboxylic acids is 1. The lowest BCUT2D eigenvalue weighted by atomic mass is 10.2. The summed E-state index contributed by atoms with van der Waals surface area (Å²) >= 11 is 0. The van der Waals surface area contributed by atoms with E-state index in [1.54, 1.807) is 6.20 Å². The van der Waals surface area contributed by atoms with Gasteiger partial charge in [0.2, 0.25) is 0 Å². The van der Waals surface area contributed by atoms with Crippen molar-refractivity contribution in [1.82, 2.24) is 24.3 Å². The molecule has 3 heterocycles. The number of rotatable bonds is 3. The summed E-state index contributed by atoms with van der Waals surface area (Å²) in [5.74, 6) is 0.0832. The Hall–Kier alpha value is -2.21. The molecule has 0 spiro atoms. The molecule has 0 atom stereocenters. The van der Waals surface area contributed by atoms with Crippen molar-refractivity contribution in [2.45, 2.75) is 19.9 Å². The minimum Gasteiger partial charge on any atom is -0.337 e. The van der Waals surface area contributed by atoms with E-state index in [0.29, 0.717) is 5.56 Å². The highest BCUT2D eigenvalue weighted by molar-refractivity contribution is 5.93. The minimum absolute atomic E-state index is 0.0832. The van der Waals surface area contributed by atoms with E-state index in [-0.39, 0.29) is 5.91 Å². The van der Waals surface area contributed by atoms with Gasteiger partial charge in [0.25, 0.3) is 5.91 Å². The van der Waals surface area contributed by atoms with Crippen LogP contribution in [0.3, 0.4) is 0 Å². The maximum absolute atomic E-state index is 12.6. The van der Waals surface area contributed by atoms with Crippen molar-refractivity contribution in [1.29, 1.82) is 0 Å². The third-order valence-corrected chi connectivity index (χ3v) is 4.34. The minimum atomic E-state index is 0.0832. The van der Waals surface area contributed by atoms with Gasteiger partial charge in [0.05, 0.1) is 17.6 Å². The molecule has 0 unspecified atom stereocenters. The summed E-state index contributed by atoms with van der Waals surface area (Å²) in [6.45, 7) is 6.25. The second kappa shape index (κ2) is 6.91. The van der Waals surface area contributed by atoms with Gasteiger partial charge in [-0.15, -0.1) is 0 Å². The van der Waals surface area contributed by atoms with Crippen LogP contribution in [0.5, 0.6) is 0 Å². The molecule has 6 nitrogen and oxygen atoms in total. The van der Waals surface area contributed by atoms with Crippen molar-refractivity contribution in [2.24, 2.45) is 7.05 Å². The van der Waals surface area contributed by atoms with E-state index >= 15 is 0 Å². The molecule has 1 saturated heterocycles. The fourth-order valence-corrected chi connectivity index (χ4v) is 2.88. The lowest BCUT2D eigenvalue weighted by molar-refractivity contribution is 0.0760. The number of imidazole rings is 1. The quantitative estimate of drug-likeness (QED) is 0.861. The second-order valence-electron chi connectivity index (χ2n) is 6.11. The summed E-state index contributed by atoms with van der Waals surface area (Å²) in [6.07, 6.45) is 6.40. The van der Waals surface area contributed by atoms with Gasteiger partial charge < -0.3 is 9.47 Å². The Morgan fingerprint density at radius 3 is 2.74 bits per heavy atom. The maximum atomic E-state index is 12.6.